The molecule has 0 radical (unpaired) electrons. The molecule has 0 aliphatic carbocycles. The first kappa shape index (κ1) is 16.6. The monoisotopic (exact) mass is 343 g/mol. The number of halogens is 2. The molecule has 2 aromatic carbocycles. The molecule has 0 saturated carbocycles. The molecule has 1 aromatic heterocycles. The minimum absolute atomic E-state index is 0.0332. The number of rotatable bonds is 4. The van der Waals surface area contributed by atoms with Crippen molar-refractivity contribution in [2.24, 2.45) is 7.05 Å². The number of aromatic nitrogens is 2. The lowest BCUT2D eigenvalue weighted by molar-refractivity contribution is 0.0941. The summed E-state index contributed by atoms with van der Waals surface area (Å²) in [5.74, 6) is -4.05. The molecule has 3 aromatic rings. The van der Waals surface area contributed by atoms with Crippen LogP contribution in [-0.2, 0) is 13.6 Å². The Morgan fingerprint density at radius 2 is 1.92 bits per heavy atom. The van der Waals surface area contributed by atoms with Crippen molar-refractivity contribution < 1.29 is 18.7 Å². The lowest BCUT2D eigenvalue weighted by Gasteiger charge is -2.08. The lowest BCUT2D eigenvalue weighted by Crippen LogP contribution is -2.25. The standard InChI is InChI=1S/C18H15F2N3O2/c1-23-10-12(17(22-23)11-5-3-2-4-6-11)9-21-18(25)15-13(19)7-8-14(24)16(15)20/h2-8,10,24H,9H2,1H3,(H,21,25). The lowest BCUT2D eigenvalue weighted by atomic mass is 10.1. The molecule has 0 atom stereocenters. The van der Waals surface area contributed by atoms with Crippen molar-refractivity contribution in [1.82, 2.24) is 15.1 Å². The maximum absolute atomic E-state index is 13.8. The number of nitrogens with zero attached hydrogens (tertiary/aromatic N) is 2. The minimum atomic E-state index is -1.29. The second-order valence-corrected chi connectivity index (χ2v) is 5.48. The quantitative estimate of drug-likeness (QED) is 0.765. The van der Waals surface area contributed by atoms with Gasteiger partial charge in [-0.15, -0.1) is 0 Å². The topological polar surface area (TPSA) is 67.2 Å². The Labute approximate surface area is 142 Å². The molecule has 0 saturated heterocycles. The van der Waals surface area contributed by atoms with E-state index in [9.17, 15) is 18.7 Å². The zero-order chi connectivity index (χ0) is 18.0. The molecule has 0 aliphatic heterocycles. The van der Waals surface area contributed by atoms with Gasteiger partial charge in [0.25, 0.3) is 5.91 Å². The molecular weight excluding hydrogens is 328 g/mol. The maximum Gasteiger partial charge on any atom is 0.257 e. The van der Waals surface area contributed by atoms with Gasteiger partial charge in [0.1, 0.15) is 11.4 Å². The minimum Gasteiger partial charge on any atom is -0.505 e. The molecule has 0 spiro atoms. The van der Waals surface area contributed by atoms with Crippen molar-refractivity contribution in [2.45, 2.75) is 6.54 Å². The van der Waals surface area contributed by atoms with E-state index in [4.69, 9.17) is 0 Å². The van der Waals surface area contributed by atoms with Crippen molar-refractivity contribution in [1.29, 1.82) is 0 Å². The Morgan fingerprint density at radius 1 is 1.20 bits per heavy atom. The van der Waals surface area contributed by atoms with Gasteiger partial charge in [0.2, 0.25) is 0 Å². The Bertz CT molecular complexity index is 924. The number of aromatic hydroxyl groups is 1. The molecule has 25 heavy (non-hydrogen) atoms. The molecule has 1 amide bonds. The molecule has 0 unspecified atom stereocenters. The van der Waals surface area contributed by atoms with Crippen molar-refractivity contribution in [3.63, 3.8) is 0 Å². The number of benzene rings is 2. The number of hydrogen-bond acceptors (Lipinski definition) is 3. The first-order valence-electron chi connectivity index (χ1n) is 7.50. The van der Waals surface area contributed by atoms with Crippen LogP contribution in [0.1, 0.15) is 15.9 Å². The van der Waals surface area contributed by atoms with Gasteiger partial charge in [0, 0.05) is 30.9 Å². The first-order chi connectivity index (χ1) is 12.0. The fourth-order valence-corrected chi connectivity index (χ4v) is 2.52. The van der Waals surface area contributed by atoms with Crippen LogP contribution in [0.3, 0.4) is 0 Å². The number of aryl methyl sites for hydroxylation is 1. The van der Waals surface area contributed by atoms with Crippen LogP contribution in [0.15, 0.2) is 48.7 Å². The Hall–Kier alpha value is -3.22. The van der Waals surface area contributed by atoms with Gasteiger partial charge in [-0.3, -0.25) is 9.48 Å². The van der Waals surface area contributed by atoms with Crippen LogP contribution >= 0.6 is 0 Å². The van der Waals surface area contributed by atoms with Gasteiger partial charge in [-0.25, -0.2) is 8.78 Å². The normalized spacial score (nSPS) is 10.7. The van der Waals surface area contributed by atoms with E-state index in [0.717, 1.165) is 17.7 Å². The summed E-state index contributed by atoms with van der Waals surface area (Å²) in [6.45, 7) is 0.0332. The fraction of sp³-hybridized carbons (Fsp3) is 0.111. The third-order valence-electron chi connectivity index (χ3n) is 3.69. The van der Waals surface area contributed by atoms with E-state index < -0.39 is 28.9 Å². The summed E-state index contributed by atoms with van der Waals surface area (Å²) in [5.41, 5.74) is 1.41. The Kier molecular flexibility index (Phi) is 4.47. The summed E-state index contributed by atoms with van der Waals surface area (Å²) >= 11 is 0. The second-order valence-electron chi connectivity index (χ2n) is 5.48. The van der Waals surface area contributed by atoms with Gasteiger partial charge >= 0.3 is 0 Å². The Balaban J connectivity index is 1.84. The number of phenolic OH excluding ortho intramolecular Hbond substituents is 1. The van der Waals surface area contributed by atoms with E-state index in [-0.39, 0.29) is 6.54 Å². The number of phenols is 1. The first-order valence-corrected chi connectivity index (χ1v) is 7.50. The highest BCUT2D eigenvalue weighted by atomic mass is 19.1. The van der Waals surface area contributed by atoms with Crippen molar-refractivity contribution in [2.75, 3.05) is 0 Å². The van der Waals surface area contributed by atoms with Crippen LogP contribution in [-0.4, -0.2) is 20.8 Å². The third kappa shape index (κ3) is 3.35. The maximum atomic E-state index is 13.8. The van der Waals surface area contributed by atoms with E-state index >= 15 is 0 Å². The Morgan fingerprint density at radius 3 is 2.64 bits per heavy atom. The largest absolute Gasteiger partial charge is 0.505 e. The van der Waals surface area contributed by atoms with Crippen LogP contribution in [0.2, 0.25) is 0 Å². The predicted octanol–water partition coefficient (Wildman–Crippen LogP) is 3.00. The molecule has 3 rings (SSSR count). The smallest absolute Gasteiger partial charge is 0.257 e. The molecule has 0 fully saturated rings. The van der Waals surface area contributed by atoms with E-state index in [1.165, 1.54) is 0 Å². The summed E-state index contributed by atoms with van der Waals surface area (Å²) in [4.78, 5) is 12.1. The molecule has 1 heterocycles. The number of hydrogen-bond donors (Lipinski definition) is 2. The molecule has 7 heteroatoms. The molecular formula is C18H15F2N3O2. The summed E-state index contributed by atoms with van der Waals surface area (Å²) in [6, 6.07) is 11.1. The predicted molar refractivity (Wildman–Crippen MR) is 87.8 cm³/mol. The summed E-state index contributed by atoms with van der Waals surface area (Å²) in [6.07, 6.45) is 1.72. The highest BCUT2D eigenvalue weighted by molar-refractivity contribution is 5.95. The SMILES string of the molecule is Cn1cc(CNC(=O)c2c(F)ccc(O)c2F)c(-c2ccccc2)n1. The van der Waals surface area contributed by atoms with Crippen molar-refractivity contribution in [3.8, 4) is 17.0 Å². The number of amides is 1. The van der Waals surface area contributed by atoms with Gasteiger partial charge in [0.05, 0.1) is 5.69 Å². The van der Waals surface area contributed by atoms with Gasteiger partial charge in [-0.2, -0.15) is 5.10 Å². The molecule has 2 N–H and O–H groups in total. The zero-order valence-corrected chi connectivity index (χ0v) is 13.3. The van der Waals surface area contributed by atoms with E-state index in [1.54, 1.807) is 17.9 Å². The van der Waals surface area contributed by atoms with Gasteiger partial charge in [0.15, 0.2) is 11.6 Å². The highest BCUT2D eigenvalue weighted by Crippen LogP contribution is 2.23. The van der Waals surface area contributed by atoms with Crippen molar-refractivity contribution >= 4 is 5.91 Å². The second kappa shape index (κ2) is 6.72. The van der Waals surface area contributed by atoms with Crippen LogP contribution in [0, 0.1) is 11.6 Å². The van der Waals surface area contributed by atoms with Gasteiger partial charge < -0.3 is 10.4 Å². The molecule has 5 nitrogen and oxygen atoms in total. The molecule has 128 valence electrons. The average Bonchev–Trinajstić information content (AvgIpc) is 2.98. The van der Waals surface area contributed by atoms with Crippen LogP contribution in [0.5, 0.6) is 5.75 Å². The fourth-order valence-electron chi connectivity index (χ4n) is 2.52. The van der Waals surface area contributed by atoms with E-state index in [1.807, 2.05) is 30.3 Å². The average molecular weight is 343 g/mol. The zero-order valence-electron chi connectivity index (χ0n) is 13.3. The molecule has 0 aliphatic rings. The van der Waals surface area contributed by atoms with Crippen LogP contribution in [0.25, 0.3) is 11.3 Å². The number of carbonyl (C=O) groups excluding carboxylic acids is 1. The van der Waals surface area contributed by atoms with Gasteiger partial charge in [-0.1, -0.05) is 30.3 Å². The third-order valence-corrected chi connectivity index (χ3v) is 3.69. The van der Waals surface area contributed by atoms with E-state index in [2.05, 4.69) is 10.4 Å². The number of carbonyl (C=O) groups is 1. The van der Waals surface area contributed by atoms with E-state index in [0.29, 0.717) is 11.3 Å². The van der Waals surface area contributed by atoms with Crippen LogP contribution in [0.4, 0.5) is 8.78 Å². The number of nitrogens with one attached hydrogen (secondary N) is 1. The van der Waals surface area contributed by atoms with Crippen molar-refractivity contribution in [3.05, 3.63) is 71.4 Å². The van der Waals surface area contributed by atoms with Gasteiger partial charge in [-0.05, 0) is 12.1 Å². The summed E-state index contributed by atoms with van der Waals surface area (Å²) in [7, 11) is 1.74. The summed E-state index contributed by atoms with van der Waals surface area (Å²) in [5, 5.41) is 16.1. The summed E-state index contributed by atoms with van der Waals surface area (Å²) < 4.78 is 29.1. The molecule has 0 bridgehead atoms. The highest BCUT2D eigenvalue weighted by Gasteiger charge is 2.21. The van der Waals surface area contributed by atoms with Crippen LogP contribution < -0.4 is 5.32 Å².